The van der Waals surface area contributed by atoms with Gasteiger partial charge in [0, 0.05) is 0 Å². The number of carboxylic acid groups (broad SMARTS) is 1. The van der Waals surface area contributed by atoms with Crippen LogP contribution in [0.5, 0.6) is 0 Å². The van der Waals surface area contributed by atoms with E-state index in [1.54, 1.807) is 0 Å². The van der Waals surface area contributed by atoms with Gasteiger partial charge in [0.2, 0.25) is 0 Å². The quantitative estimate of drug-likeness (QED) is 0.722. The first-order chi connectivity index (χ1) is 5.29. The van der Waals surface area contributed by atoms with E-state index in [2.05, 4.69) is 9.59 Å². The molecule has 1 aromatic rings. The first-order valence-electron chi connectivity index (χ1n) is 3.34. The van der Waals surface area contributed by atoms with Crippen LogP contribution in [0.15, 0.2) is 0 Å². The zero-order valence-corrected chi connectivity index (χ0v) is 6.47. The summed E-state index contributed by atoms with van der Waals surface area (Å²) >= 11 is 1.21. The van der Waals surface area contributed by atoms with Gasteiger partial charge in [-0.15, -0.1) is 5.10 Å². The maximum atomic E-state index is 10.5. The Bertz CT molecular complexity index is 293. The molecule has 0 aromatic carbocycles. The predicted molar refractivity (Wildman–Crippen MR) is 38.8 cm³/mol. The Kier molecular flexibility index (Phi) is 1.38. The molecule has 1 N–H and O–H groups in total. The molecule has 1 fully saturated rings. The zero-order valence-electron chi connectivity index (χ0n) is 5.65. The van der Waals surface area contributed by atoms with Crippen molar-refractivity contribution in [1.82, 2.24) is 9.59 Å². The second-order valence-electron chi connectivity index (χ2n) is 2.57. The molecule has 5 heteroatoms. The SMILES string of the molecule is O=C(O)c1nnsc1C1CC1. The zero-order chi connectivity index (χ0) is 7.84. The molecule has 1 aromatic heterocycles. The highest BCUT2D eigenvalue weighted by Gasteiger charge is 2.31. The molecule has 58 valence electrons. The minimum absolute atomic E-state index is 0.150. The van der Waals surface area contributed by atoms with Crippen LogP contribution >= 0.6 is 11.5 Å². The molecule has 0 unspecified atom stereocenters. The molecule has 0 bridgehead atoms. The Morgan fingerprint density at radius 1 is 1.64 bits per heavy atom. The molecule has 0 saturated heterocycles. The minimum Gasteiger partial charge on any atom is -0.476 e. The summed E-state index contributed by atoms with van der Waals surface area (Å²) in [6.45, 7) is 0. The first kappa shape index (κ1) is 6.72. The van der Waals surface area contributed by atoms with Crippen LogP contribution in [0.4, 0.5) is 0 Å². The van der Waals surface area contributed by atoms with E-state index in [-0.39, 0.29) is 5.69 Å². The molecular formula is C6H6N2O2S. The number of carboxylic acids is 1. The maximum absolute atomic E-state index is 10.5. The lowest BCUT2D eigenvalue weighted by atomic mass is 10.3. The van der Waals surface area contributed by atoms with Crippen molar-refractivity contribution < 1.29 is 9.90 Å². The molecule has 0 spiro atoms. The van der Waals surface area contributed by atoms with E-state index < -0.39 is 5.97 Å². The lowest BCUT2D eigenvalue weighted by Gasteiger charge is -1.89. The second kappa shape index (κ2) is 2.27. The van der Waals surface area contributed by atoms with Crippen molar-refractivity contribution in [3.8, 4) is 0 Å². The van der Waals surface area contributed by atoms with E-state index in [4.69, 9.17) is 5.11 Å². The summed E-state index contributed by atoms with van der Waals surface area (Å²) in [5, 5.41) is 12.2. The normalized spacial score (nSPS) is 16.7. The van der Waals surface area contributed by atoms with E-state index >= 15 is 0 Å². The van der Waals surface area contributed by atoms with Crippen LogP contribution in [0.1, 0.15) is 34.1 Å². The molecule has 11 heavy (non-hydrogen) atoms. The van der Waals surface area contributed by atoms with Gasteiger partial charge in [-0.2, -0.15) is 0 Å². The van der Waals surface area contributed by atoms with Crippen LogP contribution in [0, 0.1) is 0 Å². The van der Waals surface area contributed by atoms with Crippen LogP contribution in [-0.4, -0.2) is 20.7 Å². The van der Waals surface area contributed by atoms with E-state index in [1.165, 1.54) is 11.5 Å². The Morgan fingerprint density at radius 3 is 2.91 bits per heavy atom. The van der Waals surface area contributed by atoms with Gasteiger partial charge in [-0.05, 0) is 30.3 Å². The third kappa shape index (κ3) is 1.11. The first-order valence-corrected chi connectivity index (χ1v) is 4.12. The predicted octanol–water partition coefficient (Wildman–Crippen LogP) is 1.11. The number of nitrogens with zero attached hydrogens (tertiary/aromatic N) is 2. The van der Waals surface area contributed by atoms with Gasteiger partial charge in [-0.1, -0.05) is 4.49 Å². The van der Waals surface area contributed by atoms with Crippen molar-refractivity contribution >= 4 is 17.5 Å². The maximum Gasteiger partial charge on any atom is 0.357 e. The third-order valence-corrected chi connectivity index (χ3v) is 2.55. The van der Waals surface area contributed by atoms with Gasteiger partial charge < -0.3 is 5.11 Å². The Labute approximate surface area is 67.0 Å². The van der Waals surface area contributed by atoms with Gasteiger partial charge in [-0.25, -0.2) is 4.79 Å². The summed E-state index contributed by atoms with van der Waals surface area (Å²) in [7, 11) is 0. The molecule has 1 saturated carbocycles. The molecule has 0 atom stereocenters. The molecule has 2 rings (SSSR count). The summed E-state index contributed by atoms with van der Waals surface area (Å²) < 4.78 is 3.62. The highest BCUT2D eigenvalue weighted by Crippen LogP contribution is 2.42. The number of aromatic nitrogens is 2. The number of aromatic carboxylic acids is 1. The Hall–Kier alpha value is -0.970. The summed E-state index contributed by atoms with van der Waals surface area (Å²) in [6.07, 6.45) is 2.17. The largest absolute Gasteiger partial charge is 0.476 e. The summed E-state index contributed by atoms with van der Waals surface area (Å²) in [5.41, 5.74) is 0.150. The topological polar surface area (TPSA) is 63.1 Å². The molecule has 1 aliphatic carbocycles. The van der Waals surface area contributed by atoms with Crippen molar-refractivity contribution in [1.29, 1.82) is 0 Å². The van der Waals surface area contributed by atoms with Gasteiger partial charge in [0.05, 0.1) is 4.88 Å². The van der Waals surface area contributed by atoms with E-state index in [1.807, 2.05) is 0 Å². The van der Waals surface area contributed by atoms with Crippen molar-refractivity contribution in [3.63, 3.8) is 0 Å². The fourth-order valence-electron chi connectivity index (χ4n) is 0.959. The lowest BCUT2D eigenvalue weighted by molar-refractivity contribution is 0.0689. The average Bonchev–Trinajstić information content (AvgIpc) is 2.68. The summed E-state index contributed by atoms with van der Waals surface area (Å²) in [6, 6.07) is 0. The standard InChI is InChI=1S/C6H6N2O2S/c9-6(10)4-5(3-1-2-3)11-8-7-4/h3H,1-2H2,(H,9,10). The van der Waals surface area contributed by atoms with Gasteiger partial charge >= 0.3 is 5.97 Å². The fourth-order valence-corrected chi connectivity index (χ4v) is 1.77. The summed E-state index contributed by atoms with van der Waals surface area (Å²) in [4.78, 5) is 11.4. The average molecular weight is 170 g/mol. The molecule has 1 heterocycles. The molecule has 0 radical (unpaired) electrons. The van der Waals surface area contributed by atoms with Crippen molar-refractivity contribution in [2.75, 3.05) is 0 Å². The third-order valence-electron chi connectivity index (χ3n) is 1.66. The van der Waals surface area contributed by atoms with E-state index in [0.717, 1.165) is 17.7 Å². The Morgan fingerprint density at radius 2 is 2.36 bits per heavy atom. The van der Waals surface area contributed by atoms with Crippen molar-refractivity contribution in [3.05, 3.63) is 10.6 Å². The van der Waals surface area contributed by atoms with Crippen LogP contribution in [-0.2, 0) is 0 Å². The molecule has 1 aliphatic rings. The van der Waals surface area contributed by atoms with Gasteiger partial charge in [-0.3, -0.25) is 0 Å². The van der Waals surface area contributed by atoms with E-state index in [9.17, 15) is 4.79 Å². The summed E-state index contributed by atoms with van der Waals surface area (Å²) in [5.74, 6) is -0.526. The van der Waals surface area contributed by atoms with Crippen LogP contribution < -0.4 is 0 Å². The van der Waals surface area contributed by atoms with E-state index in [0.29, 0.717) is 5.92 Å². The van der Waals surface area contributed by atoms with Crippen LogP contribution in [0.25, 0.3) is 0 Å². The smallest absolute Gasteiger partial charge is 0.357 e. The number of hydrogen-bond acceptors (Lipinski definition) is 4. The molecule has 0 amide bonds. The minimum atomic E-state index is -0.958. The molecule has 0 aliphatic heterocycles. The van der Waals surface area contributed by atoms with Crippen LogP contribution in [0.3, 0.4) is 0 Å². The number of carbonyl (C=O) groups is 1. The Balaban J connectivity index is 2.37. The van der Waals surface area contributed by atoms with Crippen LogP contribution in [0.2, 0.25) is 0 Å². The highest BCUT2D eigenvalue weighted by atomic mass is 32.1. The van der Waals surface area contributed by atoms with Gasteiger partial charge in [0.25, 0.3) is 0 Å². The van der Waals surface area contributed by atoms with Crippen molar-refractivity contribution in [2.24, 2.45) is 0 Å². The monoisotopic (exact) mass is 170 g/mol. The molecule has 4 nitrogen and oxygen atoms in total. The number of hydrogen-bond donors (Lipinski definition) is 1. The van der Waals surface area contributed by atoms with Gasteiger partial charge in [0.15, 0.2) is 5.69 Å². The lowest BCUT2D eigenvalue weighted by Crippen LogP contribution is -1.99. The van der Waals surface area contributed by atoms with Crippen molar-refractivity contribution in [2.45, 2.75) is 18.8 Å². The fraction of sp³-hybridized carbons (Fsp3) is 0.500. The number of rotatable bonds is 2. The second-order valence-corrected chi connectivity index (χ2v) is 3.35. The van der Waals surface area contributed by atoms with Gasteiger partial charge in [0.1, 0.15) is 0 Å². The molecular weight excluding hydrogens is 164 g/mol. The highest BCUT2D eigenvalue weighted by molar-refractivity contribution is 7.06.